The van der Waals surface area contributed by atoms with Crippen LogP contribution in [0.1, 0.15) is 30.9 Å². The lowest BCUT2D eigenvalue weighted by atomic mass is 9.94. The lowest BCUT2D eigenvalue weighted by Gasteiger charge is -2.15. The first-order chi connectivity index (χ1) is 7.77. The Kier molecular flexibility index (Phi) is 6.51. The minimum absolute atomic E-state index is 0.185. The van der Waals surface area contributed by atoms with Crippen LogP contribution < -0.4 is 0 Å². The fourth-order valence-corrected chi connectivity index (χ4v) is 2.11. The molecule has 1 aromatic carbocycles. The molecule has 2 atom stereocenters. The van der Waals surface area contributed by atoms with Crippen molar-refractivity contribution in [2.45, 2.75) is 25.4 Å². The Morgan fingerprint density at radius 3 is 2.56 bits per heavy atom. The average Bonchev–Trinajstić information content (AvgIpc) is 2.35. The molecule has 1 aromatic rings. The minimum atomic E-state index is -0.434. The molecule has 0 amide bonds. The standard InChI is InChI=1S/C14H17IO/c1-2-12(7-6-10-15)11-14(16)13-8-4-3-5-9-13/h1,3-5,8-9,12,14,16H,6-7,10-11H2/t12-,14-/m1/s1. The Morgan fingerprint density at radius 1 is 1.31 bits per heavy atom. The van der Waals surface area contributed by atoms with Gasteiger partial charge in [0.2, 0.25) is 0 Å². The summed E-state index contributed by atoms with van der Waals surface area (Å²) in [5.41, 5.74) is 0.956. The van der Waals surface area contributed by atoms with Crippen LogP contribution in [0.25, 0.3) is 0 Å². The highest BCUT2D eigenvalue weighted by molar-refractivity contribution is 14.1. The molecule has 16 heavy (non-hydrogen) atoms. The third-order valence-electron chi connectivity index (χ3n) is 2.61. The number of rotatable bonds is 6. The molecule has 1 N–H and O–H groups in total. The van der Waals surface area contributed by atoms with Gasteiger partial charge in [-0.3, -0.25) is 0 Å². The van der Waals surface area contributed by atoms with Crippen molar-refractivity contribution in [2.24, 2.45) is 5.92 Å². The predicted octanol–water partition coefficient (Wildman–Crippen LogP) is 3.57. The first-order valence-electron chi connectivity index (χ1n) is 5.53. The summed E-state index contributed by atoms with van der Waals surface area (Å²) in [7, 11) is 0. The van der Waals surface area contributed by atoms with E-state index in [9.17, 15) is 5.11 Å². The normalized spacial score (nSPS) is 14.1. The highest BCUT2D eigenvalue weighted by Gasteiger charge is 2.13. The molecule has 0 spiro atoms. The summed E-state index contributed by atoms with van der Waals surface area (Å²) in [6.45, 7) is 0. The van der Waals surface area contributed by atoms with E-state index in [1.165, 1.54) is 0 Å². The zero-order valence-corrected chi connectivity index (χ0v) is 11.4. The van der Waals surface area contributed by atoms with Gasteiger partial charge < -0.3 is 5.11 Å². The van der Waals surface area contributed by atoms with Crippen LogP contribution in [0.3, 0.4) is 0 Å². The summed E-state index contributed by atoms with van der Waals surface area (Å²) in [5, 5.41) is 10.0. The third-order valence-corrected chi connectivity index (χ3v) is 3.38. The van der Waals surface area contributed by atoms with Crippen molar-refractivity contribution >= 4 is 22.6 Å². The molecule has 0 saturated heterocycles. The number of aliphatic hydroxyl groups is 1. The van der Waals surface area contributed by atoms with Crippen LogP contribution in [0.4, 0.5) is 0 Å². The second kappa shape index (κ2) is 7.70. The lowest BCUT2D eigenvalue weighted by molar-refractivity contribution is 0.152. The second-order valence-corrected chi connectivity index (χ2v) is 4.94. The maximum atomic E-state index is 10.0. The zero-order valence-electron chi connectivity index (χ0n) is 9.27. The van der Waals surface area contributed by atoms with Gasteiger partial charge >= 0.3 is 0 Å². The van der Waals surface area contributed by atoms with E-state index in [0.717, 1.165) is 22.8 Å². The Labute approximate surface area is 111 Å². The smallest absolute Gasteiger partial charge is 0.0801 e. The van der Waals surface area contributed by atoms with Gasteiger partial charge in [0.25, 0.3) is 0 Å². The topological polar surface area (TPSA) is 20.2 Å². The summed E-state index contributed by atoms with van der Waals surface area (Å²) in [5.74, 6) is 2.96. The first-order valence-corrected chi connectivity index (χ1v) is 7.05. The molecule has 2 heteroatoms. The molecule has 1 nitrogen and oxygen atoms in total. The van der Waals surface area contributed by atoms with Crippen LogP contribution in [0, 0.1) is 18.3 Å². The van der Waals surface area contributed by atoms with E-state index < -0.39 is 6.10 Å². The van der Waals surface area contributed by atoms with Gasteiger partial charge in [-0.2, -0.15) is 0 Å². The van der Waals surface area contributed by atoms with Gasteiger partial charge in [-0.15, -0.1) is 12.3 Å². The molecule has 0 heterocycles. The summed E-state index contributed by atoms with van der Waals surface area (Å²) in [6, 6.07) is 9.71. The van der Waals surface area contributed by atoms with Crippen molar-refractivity contribution in [3.05, 3.63) is 35.9 Å². The fraction of sp³-hybridized carbons (Fsp3) is 0.429. The maximum absolute atomic E-state index is 10.0. The Morgan fingerprint density at radius 2 is 2.00 bits per heavy atom. The number of halogens is 1. The van der Waals surface area contributed by atoms with Crippen LogP contribution in [0.2, 0.25) is 0 Å². The summed E-state index contributed by atoms with van der Waals surface area (Å²) >= 11 is 2.35. The molecule has 0 unspecified atom stereocenters. The van der Waals surface area contributed by atoms with E-state index in [1.807, 2.05) is 30.3 Å². The van der Waals surface area contributed by atoms with Gasteiger partial charge in [-0.05, 0) is 29.3 Å². The van der Waals surface area contributed by atoms with E-state index in [1.54, 1.807) is 0 Å². The quantitative estimate of drug-likeness (QED) is 0.481. The highest BCUT2D eigenvalue weighted by Crippen LogP contribution is 2.23. The number of alkyl halides is 1. The van der Waals surface area contributed by atoms with Crippen LogP contribution in [-0.2, 0) is 0 Å². The van der Waals surface area contributed by atoms with E-state index in [2.05, 4.69) is 28.5 Å². The Hall–Kier alpha value is -0.530. The van der Waals surface area contributed by atoms with Crippen LogP contribution in [0.5, 0.6) is 0 Å². The van der Waals surface area contributed by atoms with E-state index >= 15 is 0 Å². The van der Waals surface area contributed by atoms with Gasteiger partial charge in [0.15, 0.2) is 0 Å². The molecule has 0 aliphatic carbocycles. The zero-order chi connectivity index (χ0) is 11.8. The molecule has 1 rings (SSSR count). The second-order valence-electron chi connectivity index (χ2n) is 3.86. The van der Waals surface area contributed by atoms with Gasteiger partial charge in [0, 0.05) is 5.92 Å². The molecule has 0 bridgehead atoms. The lowest BCUT2D eigenvalue weighted by Crippen LogP contribution is -2.06. The van der Waals surface area contributed by atoms with Gasteiger partial charge in [0.05, 0.1) is 6.10 Å². The number of terminal acetylenes is 1. The molecule has 0 radical (unpaired) electrons. The average molecular weight is 328 g/mol. The number of benzene rings is 1. The van der Waals surface area contributed by atoms with Crippen molar-refractivity contribution in [2.75, 3.05) is 4.43 Å². The van der Waals surface area contributed by atoms with Crippen molar-refractivity contribution in [1.29, 1.82) is 0 Å². The van der Waals surface area contributed by atoms with Crippen molar-refractivity contribution in [1.82, 2.24) is 0 Å². The van der Waals surface area contributed by atoms with Gasteiger partial charge in [-0.25, -0.2) is 0 Å². The van der Waals surface area contributed by atoms with Gasteiger partial charge in [0.1, 0.15) is 0 Å². The third kappa shape index (κ3) is 4.54. The van der Waals surface area contributed by atoms with Crippen LogP contribution >= 0.6 is 22.6 Å². The van der Waals surface area contributed by atoms with Crippen molar-refractivity contribution < 1.29 is 5.11 Å². The minimum Gasteiger partial charge on any atom is -0.388 e. The molecule has 86 valence electrons. The number of hydrogen-bond acceptors (Lipinski definition) is 1. The predicted molar refractivity (Wildman–Crippen MR) is 76.5 cm³/mol. The monoisotopic (exact) mass is 328 g/mol. The van der Waals surface area contributed by atoms with E-state index in [-0.39, 0.29) is 5.92 Å². The Bertz CT molecular complexity index is 328. The summed E-state index contributed by atoms with van der Waals surface area (Å²) in [6.07, 6.45) is 7.83. The van der Waals surface area contributed by atoms with Gasteiger partial charge in [-0.1, -0.05) is 52.9 Å². The number of hydrogen-bond donors (Lipinski definition) is 1. The summed E-state index contributed by atoms with van der Waals surface area (Å²) in [4.78, 5) is 0. The van der Waals surface area contributed by atoms with Crippen LogP contribution in [-0.4, -0.2) is 9.53 Å². The summed E-state index contributed by atoms with van der Waals surface area (Å²) < 4.78 is 1.12. The molecule has 0 aliphatic rings. The van der Waals surface area contributed by atoms with E-state index in [0.29, 0.717) is 6.42 Å². The fourth-order valence-electron chi connectivity index (χ4n) is 1.67. The molecule has 0 saturated carbocycles. The number of aliphatic hydroxyl groups excluding tert-OH is 1. The molecular formula is C14H17IO. The highest BCUT2D eigenvalue weighted by atomic mass is 127. The molecule has 0 aromatic heterocycles. The maximum Gasteiger partial charge on any atom is 0.0801 e. The van der Waals surface area contributed by atoms with Crippen molar-refractivity contribution in [3.63, 3.8) is 0 Å². The largest absolute Gasteiger partial charge is 0.388 e. The van der Waals surface area contributed by atoms with Crippen LogP contribution in [0.15, 0.2) is 30.3 Å². The first kappa shape index (κ1) is 13.5. The SMILES string of the molecule is C#C[C@H](CCCI)C[C@@H](O)c1ccccc1. The Balaban J connectivity index is 2.50. The van der Waals surface area contributed by atoms with E-state index in [4.69, 9.17) is 6.42 Å². The molecule has 0 aliphatic heterocycles. The molecular weight excluding hydrogens is 311 g/mol. The molecule has 0 fully saturated rings. The van der Waals surface area contributed by atoms with Crippen molar-refractivity contribution in [3.8, 4) is 12.3 Å².